The summed E-state index contributed by atoms with van der Waals surface area (Å²) in [5, 5.41) is 4.04. The highest BCUT2D eigenvalue weighted by atomic mass is 32.2. The van der Waals surface area contributed by atoms with Gasteiger partial charge in [-0.15, -0.1) is 0 Å². The summed E-state index contributed by atoms with van der Waals surface area (Å²) in [6.45, 7) is 6.09. The number of rotatable bonds is 7. The van der Waals surface area contributed by atoms with Gasteiger partial charge in [0, 0.05) is 12.6 Å². The molecule has 0 unspecified atom stereocenters. The molecule has 0 N–H and O–H groups in total. The van der Waals surface area contributed by atoms with E-state index in [1.807, 2.05) is 38.1 Å². The molecule has 1 rings (SSSR count). The second kappa shape index (κ2) is 7.40. The van der Waals surface area contributed by atoms with Crippen LogP contribution in [0.3, 0.4) is 0 Å². The Kier molecular flexibility index (Phi) is 6.16. The fourth-order valence-corrected chi connectivity index (χ4v) is 2.35. The van der Waals surface area contributed by atoms with Crippen LogP contribution in [0.25, 0.3) is 0 Å². The summed E-state index contributed by atoms with van der Waals surface area (Å²) >= 11 is 0. The van der Waals surface area contributed by atoms with Crippen LogP contribution >= 0.6 is 0 Å². The molecule has 6 heteroatoms. The highest BCUT2D eigenvalue weighted by Gasteiger charge is 2.18. The Morgan fingerprint density at radius 1 is 1.25 bits per heavy atom. The number of nitrogens with zero attached hydrogens (tertiary/aromatic N) is 2. The minimum absolute atomic E-state index is 0.0688. The van der Waals surface area contributed by atoms with E-state index in [-0.39, 0.29) is 12.3 Å². The molecule has 112 valence electrons. The average Bonchev–Trinajstić information content (AvgIpc) is 2.44. The zero-order valence-corrected chi connectivity index (χ0v) is 13.3. The molecular weight excluding hydrogens is 276 g/mol. The van der Waals surface area contributed by atoms with Crippen LogP contribution in [0, 0.1) is 6.92 Å². The molecule has 0 fully saturated rings. The lowest BCUT2D eigenvalue weighted by atomic mass is 10.1. The van der Waals surface area contributed by atoms with Gasteiger partial charge in [-0.25, -0.2) is 8.42 Å². The zero-order valence-electron chi connectivity index (χ0n) is 12.5. The molecule has 0 radical (unpaired) electrons. The summed E-state index contributed by atoms with van der Waals surface area (Å²) in [5.74, 6) is 0.0688. The van der Waals surface area contributed by atoms with Gasteiger partial charge in [0.05, 0.1) is 12.3 Å². The lowest BCUT2D eigenvalue weighted by molar-refractivity contribution is 0.158. The highest BCUT2D eigenvalue weighted by Crippen LogP contribution is 2.08. The number of benzene rings is 1. The Labute approximate surface area is 121 Å². The molecule has 0 heterocycles. The largest absolute Gasteiger partial charge is 0.396 e. The van der Waals surface area contributed by atoms with Crippen LogP contribution in [0.15, 0.2) is 29.4 Å². The average molecular weight is 298 g/mol. The van der Waals surface area contributed by atoms with Crippen molar-refractivity contribution >= 4 is 15.7 Å². The molecule has 20 heavy (non-hydrogen) atoms. The van der Waals surface area contributed by atoms with Crippen LogP contribution in [-0.4, -0.2) is 44.4 Å². The molecule has 0 bridgehead atoms. The second-order valence-electron chi connectivity index (χ2n) is 4.48. The Balaban J connectivity index is 3.00. The number of likely N-dealkylation sites (N-methyl/N-ethyl adjacent to an activating group) is 1. The lowest BCUT2D eigenvalue weighted by Crippen LogP contribution is -2.33. The van der Waals surface area contributed by atoms with Gasteiger partial charge in [0.2, 0.25) is 10.0 Å². The third-order valence-corrected chi connectivity index (χ3v) is 4.71. The summed E-state index contributed by atoms with van der Waals surface area (Å²) in [4.78, 5) is 5.09. The molecule has 0 spiro atoms. The van der Waals surface area contributed by atoms with Gasteiger partial charge in [0.1, 0.15) is 12.3 Å². The summed E-state index contributed by atoms with van der Waals surface area (Å²) in [6.07, 6.45) is 0. The van der Waals surface area contributed by atoms with Crippen molar-refractivity contribution in [3.05, 3.63) is 35.4 Å². The minimum atomic E-state index is -3.24. The van der Waals surface area contributed by atoms with Crippen LogP contribution < -0.4 is 0 Å². The van der Waals surface area contributed by atoms with Crippen LogP contribution in [0.2, 0.25) is 0 Å². The molecule has 0 amide bonds. The zero-order chi connectivity index (χ0) is 15.2. The fourth-order valence-electron chi connectivity index (χ4n) is 1.59. The topological polar surface area (TPSA) is 59.0 Å². The van der Waals surface area contributed by atoms with Crippen molar-refractivity contribution in [2.75, 3.05) is 26.0 Å². The minimum Gasteiger partial charge on any atom is -0.396 e. The van der Waals surface area contributed by atoms with E-state index in [2.05, 4.69) is 5.16 Å². The van der Waals surface area contributed by atoms with Gasteiger partial charge >= 0.3 is 0 Å². The van der Waals surface area contributed by atoms with E-state index in [9.17, 15) is 8.42 Å². The number of oxime groups is 1. The van der Waals surface area contributed by atoms with Gasteiger partial charge in [-0.3, -0.25) is 0 Å². The predicted octanol–water partition coefficient (Wildman–Crippen LogP) is 2.02. The molecular formula is C14H22N2O3S. The third kappa shape index (κ3) is 4.61. The molecule has 0 saturated carbocycles. The quantitative estimate of drug-likeness (QED) is 0.571. The smallest absolute Gasteiger partial charge is 0.213 e. The number of hydrogen-bond acceptors (Lipinski definition) is 4. The Morgan fingerprint density at radius 2 is 1.85 bits per heavy atom. The monoisotopic (exact) mass is 298 g/mol. The number of aryl methyl sites for hydroxylation is 1. The van der Waals surface area contributed by atoms with E-state index in [1.165, 1.54) is 4.31 Å². The SMILES string of the molecule is CCON=C(CN(C)S(=O)(=O)CC)c1ccc(C)cc1. The van der Waals surface area contributed by atoms with E-state index in [4.69, 9.17) is 4.84 Å². The van der Waals surface area contributed by atoms with Crippen molar-refractivity contribution in [3.8, 4) is 0 Å². The van der Waals surface area contributed by atoms with Crippen LogP contribution in [0.5, 0.6) is 0 Å². The maximum absolute atomic E-state index is 11.8. The van der Waals surface area contributed by atoms with E-state index in [1.54, 1.807) is 14.0 Å². The predicted molar refractivity (Wildman–Crippen MR) is 81.4 cm³/mol. The third-order valence-electron chi connectivity index (χ3n) is 2.90. The van der Waals surface area contributed by atoms with Crippen LogP contribution in [0.1, 0.15) is 25.0 Å². The Hall–Kier alpha value is -1.40. The first-order valence-corrected chi connectivity index (χ1v) is 8.21. The molecule has 0 saturated heterocycles. The maximum Gasteiger partial charge on any atom is 0.213 e. The van der Waals surface area contributed by atoms with Gasteiger partial charge in [0.15, 0.2) is 0 Å². The summed E-state index contributed by atoms with van der Waals surface area (Å²) in [7, 11) is -1.69. The van der Waals surface area contributed by atoms with E-state index >= 15 is 0 Å². The van der Waals surface area contributed by atoms with E-state index in [0.717, 1.165) is 11.1 Å². The first-order valence-electron chi connectivity index (χ1n) is 6.60. The van der Waals surface area contributed by atoms with Gasteiger partial charge in [0.25, 0.3) is 0 Å². The Morgan fingerprint density at radius 3 is 2.35 bits per heavy atom. The molecule has 0 aliphatic rings. The standard InChI is InChI=1S/C14H22N2O3S/c1-5-19-15-14(11-16(4)20(17,18)6-2)13-9-7-12(3)8-10-13/h7-10H,5-6,11H2,1-4H3. The normalized spacial score (nSPS) is 12.8. The molecule has 1 aromatic carbocycles. The lowest BCUT2D eigenvalue weighted by Gasteiger charge is -2.17. The van der Waals surface area contributed by atoms with Gasteiger partial charge in [-0.2, -0.15) is 4.31 Å². The van der Waals surface area contributed by atoms with Gasteiger partial charge in [-0.1, -0.05) is 35.0 Å². The van der Waals surface area contributed by atoms with Gasteiger partial charge < -0.3 is 4.84 Å². The van der Waals surface area contributed by atoms with Gasteiger partial charge in [-0.05, 0) is 20.8 Å². The number of sulfonamides is 1. The van der Waals surface area contributed by atoms with Crippen molar-refractivity contribution in [2.24, 2.45) is 5.16 Å². The van der Waals surface area contributed by atoms with Crippen molar-refractivity contribution in [1.82, 2.24) is 4.31 Å². The molecule has 0 aliphatic heterocycles. The number of hydrogen-bond donors (Lipinski definition) is 0. The molecule has 1 aromatic rings. The fraction of sp³-hybridized carbons (Fsp3) is 0.500. The van der Waals surface area contributed by atoms with Crippen LogP contribution in [0.4, 0.5) is 0 Å². The molecule has 0 aliphatic carbocycles. The Bertz CT molecular complexity index is 550. The van der Waals surface area contributed by atoms with Crippen molar-refractivity contribution in [2.45, 2.75) is 20.8 Å². The first-order chi connectivity index (χ1) is 9.40. The highest BCUT2D eigenvalue weighted by molar-refractivity contribution is 7.89. The summed E-state index contributed by atoms with van der Waals surface area (Å²) in [6, 6.07) is 7.76. The summed E-state index contributed by atoms with van der Waals surface area (Å²) in [5.41, 5.74) is 2.60. The van der Waals surface area contributed by atoms with Crippen molar-refractivity contribution in [1.29, 1.82) is 0 Å². The second-order valence-corrected chi connectivity index (χ2v) is 6.84. The van der Waals surface area contributed by atoms with Crippen molar-refractivity contribution in [3.63, 3.8) is 0 Å². The maximum atomic E-state index is 11.8. The molecule has 0 atom stereocenters. The van der Waals surface area contributed by atoms with Crippen molar-refractivity contribution < 1.29 is 13.3 Å². The molecule has 0 aromatic heterocycles. The molecule has 5 nitrogen and oxygen atoms in total. The van der Waals surface area contributed by atoms with E-state index in [0.29, 0.717) is 12.3 Å². The van der Waals surface area contributed by atoms with E-state index < -0.39 is 10.0 Å². The van der Waals surface area contributed by atoms with Crippen LogP contribution in [-0.2, 0) is 14.9 Å². The first kappa shape index (κ1) is 16.7. The summed E-state index contributed by atoms with van der Waals surface area (Å²) < 4.78 is 24.9.